The van der Waals surface area contributed by atoms with Crippen LogP contribution in [0.2, 0.25) is 0 Å². The number of amides is 1. The van der Waals surface area contributed by atoms with Crippen LogP contribution >= 0.6 is 0 Å². The van der Waals surface area contributed by atoms with Crippen LogP contribution in [0.5, 0.6) is 0 Å². The zero-order valence-electron chi connectivity index (χ0n) is 46.1. The summed E-state index contributed by atoms with van der Waals surface area (Å²) < 4.78 is 5.50. The van der Waals surface area contributed by atoms with Gasteiger partial charge in [-0.2, -0.15) is 0 Å². The van der Waals surface area contributed by atoms with Crippen molar-refractivity contribution < 1.29 is 24.5 Å². The Kier molecular flexibility index (Phi) is 57.0. The third-order valence-corrected chi connectivity index (χ3v) is 14.6. The predicted molar refractivity (Wildman–Crippen MR) is 297 cm³/mol. The number of rotatable bonds is 58. The third-order valence-electron chi connectivity index (χ3n) is 14.6. The van der Waals surface area contributed by atoms with Gasteiger partial charge in [-0.1, -0.05) is 296 Å². The van der Waals surface area contributed by atoms with Gasteiger partial charge in [0.05, 0.1) is 25.4 Å². The zero-order chi connectivity index (χ0) is 49.3. The number of nitrogens with one attached hydrogen (secondary N) is 1. The van der Waals surface area contributed by atoms with E-state index in [1.165, 1.54) is 276 Å². The molecule has 0 aromatic carbocycles. The highest BCUT2D eigenvalue weighted by molar-refractivity contribution is 5.76. The van der Waals surface area contributed by atoms with Gasteiger partial charge in [0.25, 0.3) is 0 Å². The van der Waals surface area contributed by atoms with Crippen molar-refractivity contribution in [1.29, 1.82) is 0 Å². The minimum absolute atomic E-state index is 0.0145. The van der Waals surface area contributed by atoms with Gasteiger partial charge in [0.15, 0.2) is 0 Å². The molecule has 0 fully saturated rings. The molecule has 2 atom stereocenters. The van der Waals surface area contributed by atoms with Crippen molar-refractivity contribution in [2.75, 3.05) is 13.2 Å². The smallest absolute Gasteiger partial charge is 0.305 e. The van der Waals surface area contributed by atoms with Crippen molar-refractivity contribution in [2.45, 2.75) is 360 Å². The van der Waals surface area contributed by atoms with Crippen molar-refractivity contribution >= 4 is 11.9 Å². The van der Waals surface area contributed by atoms with Crippen LogP contribution in [0.25, 0.3) is 0 Å². The molecule has 0 aromatic heterocycles. The topological polar surface area (TPSA) is 95.9 Å². The fourth-order valence-electron chi connectivity index (χ4n) is 9.81. The van der Waals surface area contributed by atoms with Gasteiger partial charge in [0, 0.05) is 12.8 Å². The Bertz CT molecular complexity index is 1020. The Balaban J connectivity index is 3.38. The van der Waals surface area contributed by atoms with Crippen molar-refractivity contribution in [1.82, 2.24) is 5.32 Å². The molecule has 404 valence electrons. The second kappa shape index (κ2) is 58.2. The van der Waals surface area contributed by atoms with Crippen LogP contribution in [-0.4, -0.2) is 47.4 Å². The van der Waals surface area contributed by atoms with E-state index in [4.69, 9.17) is 4.74 Å². The standard InChI is InChI=1S/C62H121NO5/c1-3-5-7-9-11-13-15-17-18-25-29-32-36-40-44-48-52-56-62(67)68-57-53-49-45-41-37-33-30-27-24-22-20-19-21-23-26-28-31-35-39-43-47-51-55-61(66)63-59(58-64)60(65)54-50-46-42-38-34-16-14-12-10-8-6-4-2/h21,23,59-60,64-65H,3-20,22,24-58H2,1-2H3,(H,63,66)/b23-21-. The van der Waals surface area contributed by atoms with E-state index in [9.17, 15) is 19.8 Å². The molecule has 6 nitrogen and oxygen atoms in total. The average molecular weight is 961 g/mol. The van der Waals surface area contributed by atoms with Gasteiger partial charge < -0.3 is 20.3 Å². The molecule has 2 unspecified atom stereocenters. The molecule has 0 aliphatic rings. The monoisotopic (exact) mass is 960 g/mol. The molecule has 0 aliphatic carbocycles. The molecule has 0 radical (unpaired) electrons. The Morgan fingerprint density at radius 2 is 0.691 bits per heavy atom. The van der Waals surface area contributed by atoms with E-state index in [-0.39, 0.29) is 18.5 Å². The Labute approximate surface area is 425 Å². The SMILES string of the molecule is CCCCCCCCCCCCCCCCCCCC(=O)OCCCCCCCCCCCCC/C=C\CCCCCCCCCC(=O)NC(CO)C(O)CCCCCCCCCCCCCC. The number of hydrogen-bond donors (Lipinski definition) is 3. The average Bonchev–Trinajstić information content (AvgIpc) is 3.34. The fourth-order valence-corrected chi connectivity index (χ4v) is 9.81. The molecular weight excluding hydrogens is 839 g/mol. The lowest BCUT2D eigenvalue weighted by Crippen LogP contribution is -2.45. The summed E-state index contributed by atoms with van der Waals surface area (Å²) in [6.45, 7) is 4.97. The first-order valence-electron chi connectivity index (χ1n) is 30.9. The molecule has 0 spiro atoms. The van der Waals surface area contributed by atoms with Crippen LogP contribution in [-0.2, 0) is 14.3 Å². The molecule has 0 saturated heterocycles. The van der Waals surface area contributed by atoms with Gasteiger partial charge in [-0.25, -0.2) is 0 Å². The van der Waals surface area contributed by atoms with E-state index < -0.39 is 12.1 Å². The summed E-state index contributed by atoms with van der Waals surface area (Å²) in [7, 11) is 0. The quantitative estimate of drug-likeness (QED) is 0.0321. The van der Waals surface area contributed by atoms with E-state index in [0.29, 0.717) is 25.9 Å². The highest BCUT2D eigenvalue weighted by Gasteiger charge is 2.20. The molecule has 0 heterocycles. The lowest BCUT2D eigenvalue weighted by Gasteiger charge is -2.22. The van der Waals surface area contributed by atoms with Gasteiger partial charge in [0.2, 0.25) is 5.91 Å². The minimum Gasteiger partial charge on any atom is -0.466 e. The predicted octanol–water partition coefficient (Wildman–Crippen LogP) is 19.2. The number of aliphatic hydroxyl groups excluding tert-OH is 2. The highest BCUT2D eigenvalue weighted by Crippen LogP contribution is 2.18. The van der Waals surface area contributed by atoms with E-state index in [2.05, 4.69) is 31.3 Å². The summed E-state index contributed by atoms with van der Waals surface area (Å²) in [5.41, 5.74) is 0. The maximum atomic E-state index is 12.5. The number of carbonyl (C=O) groups excluding carboxylic acids is 2. The molecule has 68 heavy (non-hydrogen) atoms. The summed E-state index contributed by atoms with van der Waals surface area (Å²) in [5.74, 6) is -0.0265. The van der Waals surface area contributed by atoms with E-state index in [1.807, 2.05) is 0 Å². The van der Waals surface area contributed by atoms with E-state index in [1.54, 1.807) is 0 Å². The Morgan fingerprint density at radius 3 is 1.04 bits per heavy atom. The summed E-state index contributed by atoms with van der Waals surface area (Å²) in [4.78, 5) is 24.5. The number of unbranched alkanes of at least 4 members (excludes halogenated alkanes) is 45. The van der Waals surface area contributed by atoms with E-state index in [0.717, 1.165) is 38.5 Å². The van der Waals surface area contributed by atoms with Crippen molar-refractivity contribution in [3.8, 4) is 0 Å². The van der Waals surface area contributed by atoms with Gasteiger partial charge in [-0.3, -0.25) is 9.59 Å². The van der Waals surface area contributed by atoms with Crippen molar-refractivity contribution in [2.24, 2.45) is 0 Å². The van der Waals surface area contributed by atoms with Gasteiger partial charge in [-0.05, 0) is 51.4 Å². The lowest BCUT2D eigenvalue weighted by molar-refractivity contribution is -0.143. The summed E-state index contributed by atoms with van der Waals surface area (Å²) in [5, 5.41) is 23.2. The third kappa shape index (κ3) is 53.9. The maximum absolute atomic E-state index is 12.5. The molecule has 0 rings (SSSR count). The molecule has 0 aliphatic heterocycles. The maximum Gasteiger partial charge on any atom is 0.305 e. The summed E-state index contributed by atoms with van der Waals surface area (Å²) in [6, 6.07) is -0.545. The van der Waals surface area contributed by atoms with E-state index >= 15 is 0 Å². The second-order valence-electron chi connectivity index (χ2n) is 21.4. The van der Waals surface area contributed by atoms with Gasteiger partial charge in [0.1, 0.15) is 0 Å². The van der Waals surface area contributed by atoms with Crippen LogP contribution in [0.4, 0.5) is 0 Å². The summed E-state index contributed by atoms with van der Waals surface area (Å²) >= 11 is 0. The first-order chi connectivity index (χ1) is 33.5. The fraction of sp³-hybridized carbons (Fsp3) is 0.935. The van der Waals surface area contributed by atoms with Crippen LogP contribution in [0, 0.1) is 0 Å². The van der Waals surface area contributed by atoms with Gasteiger partial charge in [-0.15, -0.1) is 0 Å². The minimum atomic E-state index is -0.667. The molecule has 0 aromatic rings. The number of esters is 1. The normalized spacial score (nSPS) is 12.6. The van der Waals surface area contributed by atoms with Gasteiger partial charge >= 0.3 is 5.97 Å². The van der Waals surface area contributed by atoms with Crippen LogP contribution in [0.3, 0.4) is 0 Å². The number of carbonyl (C=O) groups is 2. The highest BCUT2D eigenvalue weighted by atomic mass is 16.5. The second-order valence-corrected chi connectivity index (χ2v) is 21.4. The van der Waals surface area contributed by atoms with Crippen LogP contribution in [0.1, 0.15) is 348 Å². The van der Waals surface area contributed by atoms with Crippen molar-refractivity contribution in [3.63, 3.8) is 0 Å². The first kappa shape index (κ1) is 66.6. The summed E-state index contributed by atoms with van der Waals surface area (Å²) in [6.07, 6.45) is 69.4. The van der Waals surface area contributed by atoms with Crippen LogP contribution < -0.4 is 5.32 Å². The zero-order valence-corrected chi connectivity index (χ0v) is 46.1. The largest absolute Gasteiger partial charge is 0.466 e. The number of hydrogen-bond acceptors (Lipinski definition) is 5. The Hall–Kier alpha value is -1.40. The molecule has 0 bridgehead atoms. The Morgan fingerprint density at radius 1 is 0.397 bits per heavy atom. The molecule has 3 N–H and O–H groups in total. The van der Waals surface area contributed by atoms with Crippen LogP contribution in [0.15, 0.2) is 12.2 Å². The lowest BCUT2D eigenvalue weighted by atomic mass is 10.0. The molecular formula is C62H121NO5. The number of allylic oxidation sites excluding steroid dienone is 2. The first-order valence-corrected chi connectivity index (χ1v) is 30.9. The molecule has 6 heteroatoms. The molecule has 1 amide bonds. The van der Waals surface area contributed by atoms with Crippen molar-refractivity contribution in [3.05, 3.63) is 12.2 Å². The molecule has 0 saturated carbocycles. The number of ether oxygens (including phenoxy) is 1. The number of aliphatic hydroxyl groups is 2.